The highest BCUT2D eigenvalue weighted by molar-refractivity contribution is 5.79. The van der Waals surface area contributed by atoms with Crippen molar-refractivity contribution in [2.75, 3.05) is 6.54 Å². The second kappa shape index (κ2) is 5.98. The summed E-state index contributed by atoms with van der Waals surface area (Å²) in [5, 5.41) is 14.5. The Morgan fingerprint density at radius 1 is 1.73 bits per heavy atom. The number of rotatable bonds is 5. The molecule has 0 aliphatic heterocycles. The molecule has 0 radical (unpaired) electrons. The molecule has 0 aliphatic carbocycles. The Balaban J connectivity index is 2.34. The summed E-state index contributed by atoms with van der Waals surface area (Å²) in [5.41, 5.74) is 6.47. The van der Waals surface area contributed by atoms with Crippen LogP contribution in [0.1, 0.15) is 24.9 Å². The average molecular weight is 208 g/mol. The van der Waals surface area contributed by atoms with Gasteiger partial charge in [-0.25, -0.2) is 0 Å². The smallest absolute Gasteiger partial charge is 0.140 e. The van der Waals surface area contributed by atoms with Crippen LogP contribution in [-0.4, -0.2) is 22.6 Å². The van der Waals surface area contributed by atoms with Crippen LogP contribution in [0.25, 0.3) is 0 Å². The van der Waals surface area contributed by atoms with E-state index in [9.17, 15) is 0 Å². The van der Waals surface area contributed by atoms with E-state index in [4.69, 9.17) is 10.9 Å². The number of hydrogen-bond donors (Lipinski definition) is 3. The largest absolute Gasteiger partial charge is 0.409 e. The van der Waals surface area contributed by atoms with Gasteiger partial charge in [0.05, 0.1) is 0 Å². The first kappa shape index (κ1) is 11.5. The van der Waals surface area contributed by atoms with Crippen LogP contribution < -0.4 is 11.1 Å². The van der Waals surface area contributed by atoms with Crippen LogP contribution in [-0.2, 0) is 0 Å². The number of nitrogens with zero attached hydrogens (tertiary/aromatic N) is 2. The van der Waals surface area contributed by atoms with E-state index in [1.54, 1.807) is 6.20 Å². The molecule has 0 fully saturated rings. The molecule has 0 spiro atoms. The Hall–Kier alpha value is -1.62. The van der Waals surface area contributed by atoms with Crippen LogP contribution in [0.3, 0.4) is 0 Å². The lowest BCUT2D eigenvalue weighted by atomic mass is 10.1. The molecule has 5 nitrogen and oxygen atoms in total. The van der Waals surface area contributed by atoms with Gasteiger partial charge in [-0.05, 0) is 18.6 Å². The van der Waals surface area contributed by atoms with E-state index in [0.29, 0.717) is 13.0 Å². The molecule has 0 aliphatic rings. The Labute approximate surface area is 89.0 Å². The maximum absolute atomic E-state index is 8.34. The third-order valence-electron chi connectivity index (χ3n) is 2.14. The van der Waals surface area contributed by atoms with E-state index in [1.165, 1.54) is 0 Å². The molecule has 1 heterocycles. The van der Waals surface area contributed by atoms with Crippen LogP contribution in [0.4, 0.5) is 0 Å². The van der Waals surface area contributed by atoms with E-state index >= 15 is 0 Å². The third-order valence-corrected chi connectivity index (χ3v) is 2.14. The quantitative estimate of drug-likeness (QED) is 0.290. The predicted octanol–water partition coefficient (Wildman–Crippen LogP) is 0.869. The van der Waals surface area contributed by atoms with Crippen LogP contribution in [0.15, 0.2) is 29.7 Å². The van der Waals surface area contributed by atoms with Crippen molar-refractivity contribution in [2.45, 2.75) is 19.4 Å². The van der Waals surface area contributed by atoms with Gasteiger partial charge in [0.25, 0.3) is 0 Å². The van der Waals surface area contributed by atoms with E-state index in [0.717, 1.165) is 5.56 Å². The van der Waals surface area contributed by atoms with Crippen molar-refractivity contribution >= 4 is 5.84 Å². The highest BCUT2D eigenvalue weighted by atomic mass is 16.4. The first-order chi connectivity index (χ1) is 7.24. The molecular formula is C10H16N4O. The standard InChI is InChI=1S/C10H16N4O/c1-8(9-3-2-5-12-7-9)13-6-4-10(11)14-15/h2-3,5,7-8,13,15H,4,6H2,1H3,(H2,11,14). The zero-order valence-corrected chi connectivity index (χ0v) is 8.72. The maximum Gasteiger partial charge on any atom is 0.140 e. The molecule has 1 atom stereocenters. The monoisotopic (exact) mass is 208 g/mol. The van der Waals surface area contributed by atoms with Gasteiger partial charge >= 0.3 is 0 Å². The predicted molar refractivity (Wildman–Crippen MR) is 58.7 cm³/mol. The highest BCUT2D eigenvalue weighted by Gasteiger charge is 2.03. The summed E-state index contributed by atoms with van der Waals surface area (Å²) in [4.78, 5) is 4.04. The van der Waals surface area contributed by atoms with Crippen molar-refractivity contribution in [1.29, 1.82) is 0 Å². The van der Waals surface area contributed by atoms with Gasteiger partial charge in [0.2, 0.25) is 0 Å². The first-order valence-electron chi connectivity index (χ1n) is 4.83. The molecule has 0 aromatic carbocycles. The fraction of sp³-hybridized carbons (Fsp3) is 0.400. The Kier molecular flexibility index (Phi) is 4.56. The summed E-state index contributed by atoms with van der Waals surface area (Å²) in [5.74, 6) is 0.237. The molecule has 0 bridgehead atoms. The molecule has 1 aromatic heterocycles. The molecule has 1 rings (SSSR count). The zero-order valence-electron chi connectivity index (χ0n) is 8.72. The summed E-state index contributed by atoms with van der Waals surface area (Å²) < 4.78 is 0. The maximum atomic E-state index is 8.34. The van der Waals surface area contributed by atoms with E-state index in [-0.39, 0.29) is 11.9 Å². The van der Waals surface area contributed by atoms with Gasteiger partial charge in [0.1, 0.15) is 5.84 Å². The lowest BCUT2D eigenvalue weighted by molar-refractivity contribution is 0.316. The van der Waals surface area contributed by atoms with Crippen LogP contribution >= 0.6 is 0 Å². The molecule has 1 aromatic rings. The van der Waals surface area contributed by atoms with Gasteiger partial charge in [0, 0.05) is 31.4 Å². The summed E-state index contributed by atoms with van der Waals surface area (Å²) in [6.45, 7) is 2.72. The van der Waals surface area contributed by atoms with Gasteiger partial charge in [-0.2, -0.15) is 0 Å². The van der Waals surface area contributed by atoms with Crippen molar-refractivity contribution in [3.63, 3.8) is 0 Å². The number of nitrogens with one attached hydrogen (secondary N) is 1. The molecule has 15 heavy (non-hydrogen) atoms. The minimum atomic E-state index is 0.213. The minimum Gasteiger partial charge on any atom is -0.409 e. The molecule has 0 saturated carbocycles. The topological polar surface area (TPSA) is 83.5 Å². The zero-order chi connectivity index (χ0) is 11.1. The fourth-order valence-corrected chi connectivity index (χ4v) is 1.22. The molecule has 0 amide bonds. The van der Waals surface area contributed by atoms with Gasteiger partial charge < -0.3 is 16.3 Å². The fourth-order valence-electron chi connectivity index (χ4n) is 1.22. The van der Waals surface area contributed by atoms with Gasteiger partial charge in [-0.3, -0.25) is 4.98 Å². The first-order valence-corrected chi connectivity index (χ1v) is 4.83. The minimum absolute atomic E-state index is 0.213. The number of aromatic nitrogens is 1. The summed E-state index contributed by atoms with van der Waals surface area (Å²) in [7, 11) is 0. The third kappa shape index (κ3) is 3.95. The molecule has 82 valence electrons. The summed E-state index contributed by atoms with van der Waals surface area (Å²) >= 11 is 0. The molecule has 5 heteroatoms. The molecule has 1 unspecified atom stereocenters. The van der Waals surface area contributed by atoms with Crippen LogP contribution in [0.5, 0.6) is 0 Å². The SMILES string of the molecule is CC(NCCC(N)=NO)c1cccnc1. The van der Waals surface area contributed by atoms with E-state index < -0.39 is 0 Å². The molecule has 4 N–H and O–H groups in total. The highest BCUT2D eigenvalue weighted by Crippen LogP contribution is 2.08. The van der Waals surface area contributed by atoms with Gasteiger partial charge in [0.15, 0.2) is 0 Å². The van der Waals surface area contributed by atoms with E-state index in [1.807, 2.05) is 25.3 Å². The number of amidine groups is 1. The lowest BCUT2D eigenvalue weighted by Gasteiger charge is -2.12. The summed E-state index contributed by atoms with van der Waals surface area (Å²) in [6, 6.07) is 4.12. The van der Waals surface area contributed by atoms with E-state index in [2.05, 4.69) is 15.5 Å². The number of pyridine rings is 1. The number of oxime groups is 1. The molecule has 0 saturated heterocycles. The van der Waals surface area contributed by atoms with Gasteiger partial charge in [-0.15, -0.1) is 0 Å². The van der Waals surface area contributed by atoms with Crippen molar-refractivity contribution in [3.8, 4) is 0 Å². The second-order valence-corrected chi connectivity index (χ2v) is 3.30. The Morgan fingerprint density at radius 3 is 3.13 bits per heavy atom. The van der Waals surface area contributed by atoms with Gasteiger partial charge in [-0.1, -0.05) is 11.2 Å². The van der Waals surface area contributed by atoms with Crippen molar-refractivity contribution in [2.24, 2.45) is 10.9 Å². The summed E-state index contributed by atoms with van der Waals surface area (Å²) in [6.07, 6.45) is 4.09. The Bertz CT molecular complexity index is 312. The average Bonchev–Trinajstić information content (AvgIpc) is 2.29. The van der Waals surface area contributed by atoms with Crippen molar-refractivity contribution in [3.05, 3.63) is 30.1 Å². The van der Waals surface area contributed by atoms with Crippen LogP contribution in [0.2, 0.25) is 0 Å². The molecular weight excluding hydrogens is 192 g/mol. The Morgan fingerprint density at radius 2 is 2.53 bits per heavy atom. The lowest BCUT2D eigenvalue weighted by Crippen LogP contribution is -2.24. The van der Waals surface area contributed by atoms with Crippen molar-refractivity contribution in [1.82, 2.24) is 10.3 Å². The van der Waals surface area contributed by atoms with Crippen LogP contribution in [0, 0.1) is 0 Å². The number of hydrogen-bond acceptors (Lipinski definition) is 4. The normalized spacial score (nSPS) is 13.8. The second-order valence-electron chi connectivity index (χ2n) is 3.30. The van der Waals surface area contributed by atoms with Crippen molar-refractivity contribution < 1.29 is 5.21 Å². The number of nitrogens with two attached hydrogens (primary N) is 1.